The number of amides is 1. The Balaban J connectivity index is 1.59. The molecule has 0 saturated heterocycles. The molecule has 0 saturated carbocycles. The van der Waals surface area contributed by atoms with Crippen LogP contribution in [0.3, 0.4) is 0 Å². The van der Waals surface area contributed by atoms with Gasteiger partial charge in [-0.2, -0.15) is 10.2 Å². The number of hydrogen-bond acceptors (Lipinski definition) is 4. The second-order valence-corrected chi connectivity index (χ2v) is 6.50. The van der Waals surface area contributed by atoms with Crippen molar-refractivity contribution in [2.24, 2.45) is 0 Å². The van der Waals surface area contributed by atoms with Crippen molar-refractivity contribution in [1.29, 1.82) is 0 Å². The first-order chi connectivity index (χ1) is 13.8. The Morgan fingerprint density at radius 3 is 2.75 bits per heavy atom. The Bertz CT molecular complexity index is 1070. The average molecular weight is 374 g/mol. The monoisotopic (exact) mass is 374 g/mol. The number of nitrogens with zero attached hydrogens (tertiary/aromatic N) is 5. The van der Waals surface area contributed by atoms with Crippen molar-refractivity contribution < 1.29 is 4.79 Å². The SMILES string of the molecule is CCn1ncc2c(C(=O)NCCCn3cccn3)cc(-c3ccccc3)nc21. The van der Waals surface area contributed by atoms with Crippen molar-refractivity contribution in [2.75, 3.05) is 6.54 Å². The maximum absolute atomic E-state index is 12.9. The number of fused-ring (bicyclic) bond motifs is 1. The summed E-state index contributed by atoms with van der Waals surface area (Å²) in [6.45, 7) is 4.05. The van der Waals surface area contributed by atoms with Crippen LogP contribution in [-0.2, 0) is 13.1 Å². The van der Waals surface area contributed by atoms with Crippen LogP contribution in [0.15, 0.2) is 61.1 Å². The fourth-order valence-corrected chi connectivity index (χ4v) is 3.19. The Morgan fingerprint density at radius 1 is 1.14 bits per heavy atom. The van der Waals surface area contributed by atoms with Crippen LogP contribution in [0.1, 0.15) is 23.7 Å². The minimum atomic E-state index is -0.110. The first kappa shape index (κ1) is 17.9. The number of carbonyl (C=O) groups is 1. The number of pyridine rings is 1. The van der Waals surface area contributed by atoms with Crippen LogP contribution in [0.2, 0.25) is 0 Å². The lowest BCUT2D eigenvalue weighted by Gasteiger charge is -2.09. The molecular formula is C21H22N6O. The lowest BCUT2D eigenvalue weighted by molar-refractivity contribution is 0.0954. The third-order valence-corrected chi connectivity index (χ3v) is 4.63. The quantitative estimate of drug-likeness (QED) is 0.504. The minimum Gasteiger partial charge on any atom is -0.352 e. The van der Waals surface area contributed by atoms with Crippen molar-refractivity contribution in [2.45, 2.75) is 26.4 Å². The van der Waals surface area contributed by atoms with Gasteiger partial charge in [-0.15, -0.1) is 0 Å². The molecule has 1 amide bonds. The molecule has 0 fully saturated rings. The summed E-state index contributed by atoms with van der Waals surface area (Å²) in [5.74, 6) is -0.110. The van der Waals surface area contributed by atoms with Gasteiger partial charge in [-0.3, -0.25) is 9.48 Å². The van der Waals surface area contributed by atoms with Crippen molar-refractivity contribution in [1.82, 2.24) is 29.9 Å². The van der Waals surface area contributed by atoms with Crippen LogP contribution in [-0.4, -0.2) is 37.0 Å². The molecule has 4 aromatic rings. The van der Waals surface area contributed by atoms with E-state index in [2.05, 4.69) is 15.5 Å². The molecule has 142 valence electrons. The zero-order valence-corrected chi connectivity index (χ0v) is 15.7. The minimum absolute atomic E-state index is 0.110. The summed E-state index contributed by atoms with van der Waals surface area (Å²) in [5.41, 5.74) is 3.07. The number of rotatable bonds is 7. The van der Waals surface area contributed by atoms with Crippen LogP contribution in [0, 0.1) is 0 Å². The molecule has 0 aliphatic heterocycles. The molecule has 3 heterocycles. The number of carbonyl (C=O) groups excluding carboxylic acids is 1. The van der Waals surface area contributed by atoms with E-state index in [1.54, 1.807) is 12.4 Å². The van der Waals surface area contributed by atoms with Crippen molar-refractivity contribution in [3.05, 3.63) is 66.6 Å². The number of nitrogens with one attached hydrogen (secondary N) is 1. The van der Waals surface area contributed by atoms with E-state index in [-0.39, 0.29) is 5.91 Å². The average Bonchev–Trinajstić information content (AvgIpc) is 3.40. The third-order valence-electron chi connectivity index (χ3n) is 4.63. The number of benzene rings is 1. The lowest BCUT2D eigenvalue weighted by atomic mass is 10.1. The van der Waals surface area contributed by atoms with E-state index in [0.717, 1.165) is 35.3 Å². The third kappa shape index (κ3) is 3.64. The van der Waals surface area contributed by atoms with Gasteiger partial charge in [0.15, 0.2) is 5.65 Å². The van der Waals surface area contributed by atoms with Gasteiger partial charge in [0.1, 0.15) is 0 Å². The fraction of sp³-hybridized carbons (Fsp3) is 0.238. The van der Waals surface area contributed by atoms with E-state index < -0.39 is 0 Å². The molecule has 0 aliphatic rings. The standard InChI is InChI=1S/C21H22N6O/c1-2-27-20-18(15-24-27)17(14-19(25-20)16-8-4-3-5-9-16)21(28)22-10-6-12-26-13-7-11-23-26/h3-5,7-9,11,13-15H,2,6,10,12H2,1H3,(H,22,28). The Kier molecular flexibility index (Phi) is 5.14. The molecular weight excluding hydrogens is 352 g/mol. The predicted octanol–water partition coefficient (Wildman–Crippen LogP) is 3.13. The fourth-order valence-electron chi connectivity index (χ4n) is 3.19. The van der Waals surface area contributed by atoms with E-state index in [1.165, 1.54) is 0 Å². The predicted molar refractivity (Wildman–Crippen MR) is 108 cm³/mol. The highest BCUT2D eigenvalue weighted by molar-refractivity contribution is 6.06. The summed E-state index contributed by atoms with van der Waals surface area (Å²) < 4.78 is 3.67. The van der Waals surface area contributed by atoms with Crippen LogP contribution in [0.5, 0.6) is 0 Å². The molecule has 1 aromatic carbocycles. The van der Waals surface area contributed by atoms with Gasteiger partial charge in [-0.1, -0.05) is 30.3 Å². The Hall–Kier alpha value is -3.48. The van der Waals surface area contributed by atoms with Gasteiger partial charge >= 0.3 is 0 Å². The smallest absolute Gasteiger partial charge is 0.252 e. The van der Waals surface area contributed by atoms with E-state index in [4.69, 9.17) is 4.98 Å². The maximum Gasteiger partial charge on any atom is 0.252 e. The van der Waals surface area contributed by atoms with E-state index in [1.807, 2.05) is 64.9 Å². The molecule has 28 heavy (non-hydrogen) atoms. The van der Waals surface area contributed by atoms with Crippen molar-refractivity contribution in [3.8, 4) is 11.3 Å². The normalized spacial score (nSPS) is 11.0. The highest BCUT2D eigenvalue weighted by Crippen LogP contribution is 2.24. The highest BCUT2D eigenvalue weighted by atomic mass is 16.1. The second-order valence-electron chi connectivity index (χ2n) is 6.50. The van der Waals surface area contributed by atoms with Gasteiger partial charge in [0.25, 0.3) is 5.91 Å². The molecule has 1 N–H and O–H groups in total. The summed E-state index contributed by atoms with van der Waals surface area (Å²) in [6.07, 6.45) is 6.20. The largest absolute Gasteiger partial charge is 0.352 e. The first-order valence-electron chi connectivity index (χ1n) is 9.44. The topological polar surface area (TPSA) is 77.6 Å². The molecule has 0 bridgehead atoms. The molecule has 0 radical (unpaired) electrons. The van der Waals surface area contributed by atoms with Crippen LogP contribution in [0.25, 0.3) is 22.3 Å². The second kappa shape index (κ2) is 8.04. The lowest BCUT2D eigenvalue weighted by Crippen LogP contribution is -2.25. The summed E-state index contributed by atoms with van der Waals surface area (Å²) in [4.78, 5) is 17.7. The number of aromatic nitrogens is 5. The van der Waals surface area contributed by atoms with E-state index >= 15 is 0 Å². The Labute approximate surface area is 163 Å². The summed E-state index contributed by atoms with van der Waals surface area (Å²) in [7, 11) is 0. The van der Waals surface area contributed by atoms with Gasteiger partial charge in [0, 0.05) is 37.6 Å². The summed E-state index contributed by atoms with van der Waals surface area (Å²) in [5, 5.41) is 12.3. The van der Waals surface area contributed by atoms with Crippen molar-refractivity contribution in [3.63, 3.8) is 0 Å². The van der Waals surface area contributed by atoms with Crippen LogP contribution >= 0.6 is 0 Å². The molecule has 4 rings (SSSR count). The maximum atomic E-state index is 12.9. The van der Waals surface area contributed by atoms with E-state index in [9.17, 15) is 4.79 Å². The molecule has 0 atom stereocenters. The zero-order valence-electron chi connectivity index (χ0n) is 15.7. The molecule has 3 aromatic heterocycles. The van der Waals surface area contributed by atoms with Gasteiger partial charge in [0.05, 0.1) is 22.8 Å². The molecule has 0 aliphatic carbocycles. The van der Waals surface area contributed by atoms with Crippen molar-refractivity contribution >= 4 is 16.9 Å². The van der Waals surface area contributed by atoms with Crippen LogP contribution < -0.4 is 5.32 Å². The zero-order chi connectivity index (χ0) is 19.3. The van der Waals surface area contributed by atoms with Gasteiger partial charge < -0.3 is 5.32 Å². The number of hydrogen-bond donors (Lipinski definition) is 1. The summed E-state index contributed by atoms with van der Waals surface area (Å²) >= 11 is 0. The van der Waals surface area contributed by atoms with E-state index in [0.29, 0.717) is 18.7 Å². The van der Waals surface area contributed by atoms with Gasteiger partial charge in [-0.05, 0) is 25.5 Å². The van der Waals surface area contributed by atoms with Gasteiger partial charge in [0.2, 0.25) is 0 Å². The Morgan fingerprint density at radius 2 is 2.00 bits per heavy atom. The molecule has 0 spiro atoms. The van der Waals surface area contributed by atoms with Crippen LogP contribution in [0.4, 0.5) is 0 Å². The number of aryl methyl sites for hydroxylation is 2. The molecule has 7 nitrogen and oxygen atoms in total. The first-order valence-corrected chi connectivity index (χ1v) is 9.44. The van der Waals surface area contributed by atoms with Gasteiger partial charge in [-0.25, -0.2) is 9.67 Å². The molecule has 7 heteroatoms. The molecule has 0 unspecified atom stereocenters. The highest BCUT2D eigenvalue weighted by Gasteiger charge is 2.17. The summed E-state index contributed by atoms with van der Waals surface area (Å²) in [6, 6.07) is 13.6.